The van der Waals surface area contributed by atoms with Crippen LogP contribution < -0.4 is 0 Å². The monoisotopic (exact) mass is 390 g/mol. The van der Waals surface area contributed by atoms with Crippen LogP contribution in [-0.2, 0) is 15.3 Å². The van der Waals surface area contributed by atoms with E-state index in [0.717, 1.165) is 15.6 Å². The molecule has 2 nitrogen and oxygen atoms in total. The van der Waals surface area contributed by atoms with Gasteiger partial charge >= 0.3 is 0 Å². The van der Waals surface area contributed by atoms with Crippen LogP contribution in [-0.4, -0.2) is 14.2 Å². The number of benzene rings is 2. The quantitative estimate of drug-likeness (QED) is 0.548. The van der Waals surface area contributed by atoms with Crippen LogP contribution >= 0.6 is 26.8 Å². The fraction of sp³-hybridized carbons (Fsp3) is 0.158. The van der Waals surface area contributed by atoms with Crippen LogP contribution in [0.3, 0.4) is 0 Å². The Labute approximate surface area is 148 Å². The molecule has 1 aliphatic rings. The van der Waals surface area contributed by atoms with Gasteiger partial charge in [-0.1, -0.05) is 52.3 Å². The second kappa shape index (κ2) is 7.05. The van der Waals surface area contributed by atoms with E-state index in [-0.39, 0.29) is 10.9 Å². The summed E-state index contributed by atoms with van der Waals surface area (Å²) in [4.78, 5) is 1.32. The van der Waals surface area contributed by atoms with Gasteiger partial charge in [0.25, 0.3) is 0 Å². The van der Waals surface area contributed by atoms with Crippen molar-refractivity contribution in [3.8, 4) is 0 Å². The average Bonchev–Trinajstić information content (AvgIpc) is 3.13. The number of hydrogen-bond donors (Lipinski definition) is 1. The third kappa shape index (κ3) is 3.17. The number of ether oxygens (including phenoxy) is 2. The lowest BCUT2D eigenvalue weighted by Gasteiger charge is -2.32. The van der Waals surface area contributed by atoms with Crippen LogP contribution in [0.15, 0.2) is 80.9 Å². The Hall–Kier alpha value is -1.33. The smallest absolute Gasteiger partial charge is 0.221 e. The molecule has 0 atom stereocenters. The molecular formula is C19H19BrO2S. The minimum Gasteiger partial charge on any atom is -0.346 e. The SMILES string of the molecule is COC(OC)(c1ccc(Br)cc1)c1ccc([SH]2C=CC=C2)cc1. The molecule has 0 unspecified atom stereocenters. The topological polar surface area (TPSA) is 18.5 Å². The standard InChI is InChI=1S/C19H19BrO2S/c1-21-19(22-2,15-5-9-17(20)10-6-15)16-7-11-18(12-8-16)23-13-3-4-14-23/h3-14,23H,1-2H3. The summed E-state index contributed by atoms with van der Waals surface area (Å²) in [5.74, 6) is -0.895. The second-order valence-corrected chi connectivity index (χ2v) is 8.01. The molecule has 0 radical (unpaired) electrons. The molecule has 2 aromatic rings. The summed E-state index contributed by atoms with van der Waals surface area (Å²) in [6.07, 6.45) is 4.21. The Morgan fingerprint density at radius 1 is 0.783 bits per heavy atom. The number of methoxy groups -OCH3 is 2. The third-order valence-electron chi connectivity index (χ3n) is 3.95. The van der Waals surface area contributed by atoms with E-state index in [1.807, 2.05) is 24.3 Å². The fourth-order valence-corrected chi connectivity index (χ4v) is 4.52. The molecule has 120 valence electrons. The minimum absolute atomic E-state index is 0.305. The van der Waals surface area contributed by atoms with Crippen molar-refractivity contribution in [3.63, 3.8) is 0 Å². The molecular weight excluding hydrogens is 372 g/mol. The van der Waals surface area contributed by atoms with Crippen LogP contribution in [0.25, 0.3) is 0 Å². The van der Waals surface area contributed by atoms with Crippen molar-refractivity contribution < 1.29 is 9.47 Å². The molecule has 23 heavy (non-hydrogen) atoms. The highest BCUT2D eigenvalue weighted by Gasteiger charge is 2.34. The molecule has 1 aliphatic heterocycles. The minimum atomic E-state index is -0.895. The highest BCUT2D eigenvalue weighted by atomic mass is 79.9. The van der Waals surface area contributed by atoms with Gasteiger partial charge in [0, 0.05) is 29.8 Å². The Balaban J connectivity index is 1.99. The zero-order chi connectivity index (χ0) is 16.3. The molecule has 0 saturated carbocycles. The van der Waals surface area contributed by atoms with E-state index in [0.29, 0.717) is 0 Å². The normalized spacial score (nSPS) is 15.3. The van der Waals surface area contributed by atoms with E-state index >= 15 is 0 Å². The number of halogens is 1. The van der Waals surface area contributed by atoms with Crippen LogP contribution in [0, 0.1) is 0 Å². The van der Waals surface area contributed by atoms with Crippen molar-refractivity contribution in [2.24, 2.45) is 0 Å². The first-order valence-electron chi connectivity index (χ1n) is 7.30. The van der Waals surface area contributed by atoms with Crippen molar-refractivity contribution >= 4 is 26.8 Å². The van der Waals surface area contributed by atoms with Crippen molar-refractivity contribution in [1.82, 2.24) is 0 Å². The summed E-state index contributed by atoms with van der Waals surface area (Å²) in [5.41, 5.74) is 1.94. The Kier molecular flexibility index (Phi) is 5.07. The Morgan fingerprint density at radius 2 is 1.26 bits per heavy atom. The molecule has 1 heterocycles. The number of thiol groups is 1. The van der Waals surface area contributed by atoms with Crippen molar-refractivity contribution in [2.45, 2.75) is 10.7 Å². The fourth-order valence-electron chi connectivity index (χ4n) is 2.75. The molecule has 0 aliphatic carbocycles. The second-order valence-electron chi connectivity index (χ2n) is 5.17. The summed E-state index contributed by atoms with van der Waals surface area (Å²) in [6.45, 7) is 0. The van der Waals surface area contributed by atoms with Gasteiger partial charge in [0.1, 0.15) is 0 Å². The van der Waals surface area contributed by atoms with Crippen molar-refractivity contribution in [2.75, 3.05) is 14.2 Å². The van der Waals surface area contributed by atoms with E-state index in [4.69, 9.17) is 9.47 Å². The predicted molar refractivity (Wildman–Crippen MR) is 101 cm³/mol. The predicted octanol–water partition coefficient (Wildman–Crippen LogP) is 5.34. The lowest BCUT2D eigenvalue weighted by molar-refractivity contribution is -0.183. The summed E-state index contributed by atoms with van der Waals surface area (Å²) < 4.78 is 12.6. The highest BCUT2D eigenvalue weighted by Crippen LogP contribution is 2.43. The van der Waals surface area contributed by atoms with E-state index in [1.54, 1.807) is 14.2 Å². The molecule has 0 aromatic heterocycles. The zero-order valence-electron chi connectivity index (χ0n) is 13.1. The lowest BCUT2D eigenvalue weighted by Crippen LogP contribution is -2.32. The molecule has 4 heteroatoms. The van der Waals surface area contributed by atoms with Gasteiger partial charge in [-0.15, -0.1) is 0 Å². The van der Waals surface area contributed by atoms with E-state index in [2.05, 4.69) is 63.2 Å². The maximum atomic E-state index is 5.80. The van der Waals surface area contributed by atoms with Gasteiger partial charge in [0.15, 0.2) is 0 Å². The van der Waals surface area contributed by atoms with Crippen LogP contribution in [0.2, 0.25) is 0 Å². The maximum Gasteiger partial charge on any atom is 0.221 e. The first-order chi connectivity index (χ1) is 11.2. The van der Waals surface area contributed by atoms with Gasteiger partial charge in [-0.05, 0) is 40.0 Å². The van der Waals surface area contributed by atoms with Crippen molar-refractivity contribution in [3.05, 3.63) is 87.1 Å². The summed E-state index contributed by atoms with van der Waals surface area (Å²) in [5, 5.41) is 4.50. The highest BCUT2D eigenvalue weighted by molar-refractivity contribution is 9.10. The van der Waals surface area contributed by atoms with Crippen LogP contribution in [0.5, 0.6) is 0 Å². The third-order valence-corrected chi connectivity index (χ3v) is 6.36. The van der Waals surface area contributed by atoms with Crippen LogP contribution in [0.1, 0.15) is 11.1 Å². The molecule has 3 rings (SSSR count). The summed E-state index contributed by atoms with van der Waals surface area (Å²) in [6, 6.07) is 16.5. The van der Waals surface area contributed by atoms with Gasteiger partial charge in [-0.2, -0.15) is 10.9 Å². The molecule has 0 bridgehead atoms. The number of rotatable bonds is 5. The lowest BCUT2D eigenvalue weighted by atomic mass is 9.97. The first-order valence-corrected chi connectivity index (χ1v) is 9.57. The molecule has 0 spiro atoms. The van der Waals surface area contributed by atoms with Gasteiger partial charge < -0.3 is 9.47 Å². The molecule has 0 N–H and O–H groups in total. The average molecular weight is 391 g/mol. The largest absolute Gasteiger partial charge is 0.346 e. The van der Waals surface area contributed by atoms with Gasteiger partial charge in [-0.25, -0.2) is 0 Å². The van der Waals surface area contributed by atoms with Crippen molar-refractivity contribution in [1.29, 1.82) is 0 Å². The van der Waals surface area contributed by atoms with E-state index < -0.39 is 5.79 Å². The number of allylic oxidation sites excluding steroid dienone is 2. The summed E-state index contributed by atoms with van der Waals surface area (Å²) in [7, 11) is 3.04. The van der Waals surface area contributed by atoms with E-state index in [1.165, 1.54) is 4.90 Å². The Morgan fingerprint density at radius 3 is 1.74 bits per heavy atom. The maximum absolute atomic E-state index is 5.80. The molecule has 0 fully saturated rings. The van der Waals surface area contributed by atoms with Gasteiger partial charge in [-0.3, -0.25) is 0 Å². The molecule has 2 aromatic carbocycles. The van der Waals surface area contributed by atoms with Crippen LogP contribution in [0.4, 0.5) is 0 Å². The zero-order valence-corrected chi connectivity index (χ0v) is 15.6. The van der Waals surface area contributed by atoms with E-state index in [9.17, 15) is 0 Å². The summed E-state index contributed by atoms with van der Waals surface area (Å²) >= 11 is 3.47. The van der Waals surface area contributed by atoms with Gasteiger partial charge in [0.2, 0.25) is 5.79 Å². The first kappa shape index (κ1) is 16.5. The number of hydrogen-bond acceptors (Lipinski definition) is 2. The molecule has 0 saturated heterocycles. The molecule has 0 amide bonds. The Bertz CT molecular complexity index is 704. The van der Waals surface area contributed by atoms with Gasteiger partial charge in [0.05, 0.1) is 0 Å².